The number of carbonyl (C=O) groups is 1. The fraction of sp³-hybridized carbons (Fsp3) is 0.222. The molecule has 0 spiro atoms. The lowest BCUT2D eigenvalue weighted by molar-refractivity contribution is -0.128. The highest BCUT2D eigenvalue weighted by Gasteiger charge is 2.05. The van der Waals surface area contributed by atoms with Gasteiger partial charge in [0.05, 0.1) is 12.9 Å². The summed E-state index contributed by atoms with van der Waals surface area (Å²) in [6.07, 6.45) is 0. The lowest BCUT2D eigenvalue weighted by Crippen LogP contribution is -2.23. The lowest BCUT2D eigenvalue weighted by Gasteiger charge is -2.02. The number of rotatable bonds is 4. The Morgan fingerprint density at radius 3 is 2.80 bits per heavy atom. The van der Waals surface area contributed by atoms with Gasteiger partial charge in [0.25, 0.3) is 5.91 Å². The Balaban J connectivity index is 2.51. The van der Waals surface area contributed by atoms with Crippen molar-refractivity contribution in [2.75, 3.05) is 12.9 Å². The molecule has 1 aromatic rings. The summed E-state index contributed by atoms with van der Waals surface area (Å²) in [4.78, 5) is 15.8. The number of halogens is 2. The van der Waals surface area contributed by atoms with E-state index in [0.29, 0.717) is 4.90 Å². The number of hydrogen-bond acceptors (Lipinski definition) is 3. The van der Waals surface area contributed by atoms with Gasteiger partial charge in [-0.1, -0.05) is 0 Å². The van der Waals surface area contributed by atoms with E-state index in [1.807, 2.05) is 0 Å². The number of nitrogens with one attached hydrogen (secondary N) is 1. The summed E-state index contributed by atoms with van der Waals surface area (Å²) >= 11 is 1.09. The van der Waals surface area contributed by atoms with Crippen LogP contribution < -0.4 is 5.48 Å². The van der Waals surface area contributed by atoms with Gasteiger partial charge in [-0.05, 0) is 18.2 Å². The third kappa shape index (κ3) is 3.85. The number of amides is 1. The van der Waals surface area contributed by atoms with Crippen LogP contribution >= 0.6 is 11.8 Å². The molecule has 0 saturated carbocycles. The standard InChI is InChI=1S/C9H9F2NO2S/c1-14-12-9(13)5-15-6-2-3-7(10)8(11)4-6/h2-4H,5H2,1H3,(H,12,13). The SMILES string of the molecule is CONC(=O)CSc1ccc(F)c(F)c1. The number of hydrogen-bond donors (Lipinski definition) is 1. The van der Waals surface area contributed by atoms with Gasteiger partial charge in [-0.2, -0.15) is 0 Å². The van der Waals surface area contributed by atoms with E-state index in [0.717, 1.165) is 23.9 Å². The summed E-state index contributed by atoms with van der Waals surface area (Å²) in [5.74, 6) is -2.08. The summed E-state index contributed by atoms with van der Waals surface area (Å²) in [6, 6.07) is 3.47. The second-order valence-corrected chi connectivity index (χ2v) is 3.64. The summed E-state index contributed by atoms with van der Waals surface area (Å²) in [7, 11) is 1.32. The highest BCUT2D eigenvalue weighted by Crippen LogP contribution is 2.19. The first-order chi connectivity index (χ1) is 7.13. The van der Waals surface area contributed by atoms with Crippen molar-refractivity contribution >= 4 is 17.7 Å². The minimum Gasteiger partial charge on any atom is -0.277 e. The highest BCUT2D eigenvalue weighted by molar-refractivity contribution is 8.00. The van der Waals surface area contributed by atoms with Crippen molar-refractivity contribution in [1.29, 1.82) is 0 Å². The Hall–Kier alpha value is -1.14. The normalized spacial score (nSPS) is 10.1. The molecule has 0 unspecified atom stereocenters. The zero-order chi connectivity index (χ0) is 11.3. The molecule has 1 aromatic carbocycles. The van der Waals surface area contributed by atoms with Gasteiger partial charge in [0.1, 0.15) is 0 Å². The lowest BCUT2D eigenvalue weighted by atomic mass is 10.3. The fourth-order valence-electron chi connectivity index (χ4n) is 0.859. The average Bonchev–Trinajstić information content (AvgIpc) is 2.20. The van der Waals surface area contributed by atoms with E-state index in [9.17, 15) is 13.6 Å². The number of benzene rings is 1. The quantitative estimate of drug-likeness (QED) is 0.636. The molecule has 1 N–H and O–H groups in total. The van der Waals surface area contributed by atoms with Gasteiger partial charge < -0.3 is 0 Å². The topological polar surface area (TPSA) is 38.3 Å². The second-order valence-electron chi connectivity index (χ2n) is 2.59. The van der Waals surface area contributed by atoms with Crippen molar-refractivity contribution in [3.63, 3.8) is 0 Å². The first-order valence-corrected chi connectivity index (χ1v) is 5.01. The van der Waals surface area contributed by atoms with Gasteiger partial charge in [-0.3, -0.25) is 9.63 Å². The summed E-state index contributed by atoms with van der Waals surface area (Å²) in [5, 5.41) is 0. The van der Waals surface area contributed by atoms with Crippen molar-refractivity contribution < 1.29 is 18.4 Å². The minimum atomic E-state index is -0.924. The maximum Gasteiger partial charge on any atom is 0.253 e. The molecule has 0 aliphatic carbocycles. The van der Waals surface area contributed by atoms with Crippen molar-refractivity contribution in [3.8, 4) is 0 Å². The molecule has 0 bridgehead atoms. The van der Waals surface area contributed by atoms with Gasteiger partial charge in [-0.15, -0.1) is 11.8 Å². The Morgan fingerprint density at radius 2 is 2.20 bits per heavy atom. The van der Waals surface area contributed by atoms with Gasteiger partial charge in [0.2, 0.25) is 0 Å². The number of carbonyl (C=O) groups excluding carboxylic acids is 1. The molecular weight excluding hydrogens is 224 g/mol. The molecule has 0 aliphatic rings. The summed E-state index contributed by atoms with van der Waals surface area (Å²) in [6.45, 7) is 0. The second kappa shape index (κ2) is 5.67. The van der Waals surface area contributed by atoms with Crippen LogP contribution in [0, 0.1) is 11.6 Å². The minimum absolute atomic E-state index is 0.0823. The van der Waals surface area contributed by atoms with Crippen molar-refractivity contribution in [3.05, 3.63) is 29.8 Å². The van der Waals surface area contributed by atoms with E-state index in [4.69, 9.17) is 0 Å². The van der Waals surface area contributed by atoms with E-state index in [1.165, 1.54) is 13.2 Å². The molecule has 1 amide bonds. The monoisotopic (exact) mass is 233 g/mol. The molecule has 0 saturated heterocycles. The Morgan fingerprint density at radius 1 is 1.47 bits per heavy atom. The van der Waals surface area contributed by atoms with E-state index >= 15 is 0 Å². The van der Waals surface area contributed by atoms with Gasteiger partial charge in [0, 0.05) is 4.90 Å². The van der Waals surface area contributed by atoms with E-state index < -0.39 is 11.6 Å². The van der Waals surface area contributed by atoms with Crippen molar-refractivity contribution in [1.82, 2.24) is 5.48 Å². The van der Waals surface area contributed by atoms with Crippen LogP contribution in [0.1, 0.15) is 0 Å². The molecule has 6 heteroatoms. The average molecular weight is 233 g/mol. The maximum absolute atomic E-state index is 12.7. The van der Waals surface area contributed by atoms with Crippen molar-refractivity contribution in [2.24, 2.45) is 0 Å². The van der Waals surface area contributed by atoms with Gasteiger partial charge in [-0.25, -0.2) is 14.3 Å². The van der Waals surface area contributed by atoms with E-state index in [2.05, 4.69) is 10.3 Å². The molecule has 0 radical (unpaired) electrons. The molecule has 0 aliphatic heterocycles. The Kier molecular flexibility index (Phi) is 4.51. The molecule has 0 aromatic heterocycles. The third-order valence-electron chi connectivity index (χ3n) is 1.48. The summed E-state index contributed by atoms with van der Waals surface area (Å²) in [5.41, 5.74) is 2.11. The van der Waals surface area contributed by atoms with Crippen LogP contribution in [0.15, 0.2) is 23.1 Å². The van der Waals surface area contributed by atoms with Crippen LogP contribution in [0.3, 0.4) is 0 Å². The molecule has 0 heterocycles. The number of hydroxylamine groups is 1. The molecule has 82 valence electrons. The fourth-order valence-corrected chi connectivity index (χ4v) is 1.57. The van der Waals surface area contributed by atoms with E-state index in [1.54, 1.807) is 0 Å². The van der Waals surface area contributed by atoms with Crippen LogP contribution in [-0.2, 0) is 9.63 Å². The van der Waals surface area contributed by atoms with Crippen LogP contribution in [0.2, 0.25) is 0 Å². The Bertz CT molecular complexity index is 360. The van der Waals surface area contributed by atoms with Crippen molar-refractivity contribution in [2.45, 2.75) is 4.90 Å². The predicted octanol–water partition coefficient (Wildman–Crippen LogP) is 1.73. The van der Waals surface area contributed by atoms with Crippen LogP contribution in [0.5, 0.6) is 0 Å². The first-order valence-electron chi connectivity index (χ1n) is 4.03. The molecule has 1 rings (SSSR count). The van der Waals surface area contributed by atoms with Gasteiger partial charge in [0.15, 0.2) is 11.6 Å². The highest BCUT2D eigenvalue weighted by atomic mass is 32.2. The molecule has 15 heavy (non-hydrogen) atoms. The molecule has 0 fully saturated rings. The van der Waals surface area contributed by atoms with E-state index in [-0.39, 0.29) is 11.7 Å². The predicted molar refractivity (Wildman–Crippen MR) is 52.2 cm³/mol. The molecular formula is C9H9F2NO2S. The first kappa shape index (κ1) is 11.9. The van der Waals surface area contributed by atoms with Crippen LogP contribution in [0.4, 0.5) is 8.78 Å². The largest absolute Gasteiger partial charge is 0.277 e. The zero-order valence-corrected chi connectivity index (χ0v) is 8.74. The third-order valence-corrected chi connectivity index (χ3v) is 2.47. The maximum atomic E-state index is 12.7. The Labute approximate surface area is 89.8 Å². The van der Waals surface area contributed by atoms with Crippen LogP contribution in [-0.4, -0.2) is 18.8 Å². The van der Waals surface area contributed by atoms with Gasteiger partial charge >= 0.3 is 0 Å². The van der Waals surface area contributed by atoms with Crippen LogP contribution in [0.25, 0.3) is 0 Å². The molecule has 3 nitrogen and oxygen atoms in total. The number of thioether (sulfide) groups is 1. The summed E-state index contributed by atoms with van der Waals surface area (Å²) < 4.78 is 25.3. The molecule has 0 atom stereocenters. The smallest absolute Gasteiger partial charge is 0.253 e. The zero-order valence-electron chi connectivity index (χ0n) is 7.92.